The topological polar surface area (TPSA) is 73.2 Å². The van der Waals surface area contributed by atoms with Gasteiger partial charge in [0.15, 0.2) is 6.29 Å². The van der Waals surface area contributed by atoms with E-state index in [-0.39, 0.29) is 13.0 Å². The van der Waals surface area contributed by atoms with Crippen LogP contribution in [0.3, 0.4) is 0 Å². The zero-order chi connectivity index (χ0) is 27.3. The quantitative estimate of drug-likeness (QED) is 0.175. The van der Waals surface area contributed by atoms with Crippen molar-refractivity contribution in [2.24, 2.45) is 0 Å². The summed E-state index contributed by atoms with van der Waals surface area (Å²) in [7, 11) is 3.06. The first-order chi connectivity index (χ1) is 19.1. The molecule has 202 valence electrons. The van der Waals surface area contributed by atoms with Crippen molar-refractivity contribution in [1.29, 1.82) is 0 Å². The summed E-state index contributed by atoms with van der Waals surface area (Å²) in [6, 6.07) is 32.9. The maximum atomic E-state index is 12.4. The van der Waals surface area contributed by atoms with E-state index in [2.05, 4.69) is 0 Å². The highest BCUT2D eigenvalue weighted by Crippen LogP contribution is 2.47. The Balaban J connectivity index is 1.71. The predicted octanol–water partition coefficient (Wildman–Crippen LogP) is 4.58. The maximum Gasteiger partial charge on any atom is 0.300 e. The number of likely N-dealkylation sites (tertiary alicyclic amines) is 1. The SMILES string of the molecule is COC(OC)(OC(c1ccccc1)(c1ccccc1)c1ccccc1)C1CC(O)CN1C(C=O)n1cccc1. The molecule has 4 aromatic rings. The van der Waals surface area contributed by atoms with E-state index in [9.17, 15) is 9.90 Å². The normalized spacial score (nSPS) is 19.2. The largest absolute Gasteiger partial charge is 0.392 e. The van der Waals surface area contributed by atoms with Gasteiger partial charge in [-0.3, -0.25) is 9.69 Å². The van der Waals surface area contributed by atoms with Crippen LogP contribution in [-0.4, -0.2) is 59.7 Å². The molecule has 3 unspecified atom stereocenters. The number of benzene rings is 3. The van der Waals surface area contributed by atoms with Crippen LogP contribution in [0.5, 0.6) is 0 Å². The molecular weight excluding hydrogens is 492 g/mol. The summed E-state index contributed by atoms with van der Waals surface area (Å²) in [6.45, 7) is 0.249. The fourth-order valence-electron chi connectivity index (χ4n) is 5.74. The number of aliphatic hydroxyl groups excluding tert-OH is 1. The average molecular weight is 527 g/mol. The van der Waals surface area contributed by atoms with Crippen molar-refractivity contribution in [3.8, 4) is 0 Å². The molecule has 1 saturated heterocycles. The molecule has 7 nitrogen and oxygen atoms in total. The van der Waals surface area contributed by atoms with Gasteiger partial charge in [0.1, 0.15) is 11.8 Å². The number of aromatic nitrogens is 1. The lowest BCUT2D eigenvalue weighted by atomic mass is 9.80. The Kier molecular flexibility index (Phi) is 8.07. The number of methoxy groups -OCH3 is 2. The average Bonchev–Trinajstić information content (AvgIpc) is 3.67. The van der Waals surface area contributed by atoms with Gasteiger partial charge < -0.3 is 23.9 Å². The molecule has 39 heavy (non-hydrogen) atoms. The number of ether oxygens (including phenoxy) is 3. The van der Waals surface area contributed by atoms with E-state index in [1.165, 1.54) is 14.2 Å². The van der Waals surface area contributed by atoms with E-state index in [1.54, 1.807) is 4.57 Å². The molecule has 0 radical (unpaired) electrons. The first-order valence-corrected chi connectivity index (χ1v) is 13.1. The predicted molar refractivity (Wildman–Crippen MR) is 148 cm³/mol. The van der Waals surface area contributed by atoms with Gasteiger partial charge in [-0.05, 0) is 35.2 Å². The monoisotopic (exact) mass is 526 g/mol. The molecule has 0 amide bonds. The van der Waals surface area contributed by atoms with E-state index < -0.39 is 29.9 Å². The molecule has 3 aromatic carbocycles. The van der Waals surface area contributed by atoms with Crippen LogP contribution in [0.2, 0.25) is 0 Å². The Hall–Kier alpha value is -3.59. The Morgan fingerprint density at radius 2 is 1.26 bits per heavy atom. The fourth-order valence-corrected chi connectivity index (χ4v) is 5.74. The number of hydrogen-bond donors (Lipinski definition) is 1. The molecule has 0 aliphatic carbocycles. The van der Waals surface area contributed by atoms with E-state index in [0.717, 1.165) is 23.0 Å². The van der Waals surface area contributed by atoms with Crippen LogP contribution in [0.25, 0.3) is 0 Å². The zero-order valence-corrected chi connectivity index (χ0v) is 22.2. The van der Waals surface area contributed by atoms with Crippen molar-refractivity contribution in [2.75, 3.05) is 20.8 Å². The lowest BCUT2D eigenvalue weighted by Gasteiger charge is -2.47. The lowest BCUT2D eigenvalue weighted by molar-refractivity contribution is -0.409. The second kappa shape index (κ2) is 11.7. The number of rotatable bonds is 11. The third-order valence-electron chi connectivity index (χ3n) is 7.53. The number of hydrogen-bond acceptors (Lipinski definition) is 6. The highest BCUT2D eigenvalue weighted by molar-refractivity contribution is 5.55. The molecule has 1 aromatic heterocycles. The number of nitrogens with zero attached hydrogens (tertiary/aromatic N) is 2. The molecule has 2 heterocycles. The molecular formula is C32H34N2O5. The second-order valence-corrected chi connectivity index (χ2v) is 9.68. The van der Waals surface area contributed by atoms with Crippen LogP contribution >= 0.6 is 0 Å². The number of carbonyl (C=O) groups is 1. The van der Waals surface area contributed by atoms with Gasteiger partial charge in [-0.15, -0.1) is 0 Å². The molecule has 0 bridgehead atoms. The molecule has 1 aliphatic rings. The van der Waals surface area contributed by atoms with Crippen LogP contribution in [0.4, 0.5) is 0 Å². The summed E-state index contributed by atoms with van der Waals surface area (Å²) in [6.07, 6.45) is 3.40. The van der Waals surface area contributed by atoms with Crippen LogP contribution < -0.4 is 0 Å². The molecule has 0 spiro atoms. The second-order valence-electron chi connectivity index (χ2n) is 9.68. The van der Waals surface area contributed by atoms with Gasteiger partial charge in [-0.25, -0.2) is 0 Å². The van der Waals surface area contributed by atoms with Crippen LogP contribution in [0, 0.1) is 0 Å². The summed E-state index contributed by atoms with van der Waals surface area (Å²) in [5.74, 6) is -1.67. The lowest BCUT2D eigenvalue weighted by Crippen LogP contribution is -2.59. The molecule has 3 atom stereocenters. The maximum absolute atomic E-state index is 12.4. The summed E-state index contributed by atoms with van der Waals surface area (Å²) in [5, 5.41) is 10.9. The number of aliphatic hydroxyl groups is 1. The van der Waals surface area contributed by atoms with Crippen LogP contribution in [-0.2, 0) is 24.6 Å². The first-order valence-electron chi connectivity index (χ1n) is 13.1. The number of aldehydes is 1. The Morgan fingerprint density at radius 1 is 0.795 bits per heavy atom. The van der Waals surface area contributed by atoms with E-state index in [4.69, 9.17) is 14.2 Å². The number of β-amino-alcohol motifs (C(OH)–C–C–N with tert-alkyl or cyclic N) is 1. The molecule has 5 rings (SSSR count). The third-order valence-corrected chi connectivity index (χ3v) is 7.53. The Morgan fingerprint density at radius 3 is 1.67 bits per heavy atom. The van der Waals surface area contributed by atoms with Gasteiger partial charge in [0, 0.05) is 33.2 Å². The van der Waals surface area contributed by atoms with Gasteiger partial charge in [0.05, 0.1) is 12.1 Å². The van der Waals surface area contributed by atoms with Gasteiger partial charge in [0.25, 0.3) is 0 Å². The Bertz CT molecular complexity index is 1210. The zero-order valence-electron chi connectivity index (χ0n) is 22.2. The summed E-state index contributed by atoms with van der Waals surface area (Å²) >= 11 is 0. The van der Waals surface area contributed by atoms with Crippen molar-refractivity contribution in [3.05, 3.63) is 132 Å². The molecule has 7 heteroatoms. The minimum atomic E-state index is -1.67. The number of carbonyl (C=O) groups excluding carboxylic acids is 1. The van der Waals surface area contributed by atoms with Gasteiger partial charge in [-0.1, -0.05) is 91.0 Å². The third kappa shape index (κ3) is 4.95. The summed E-state index contributed by atoms with van der Waals surface area (Å²) in [4.78, 5) is 14.3. The minimum absolute atomic E-state index is 0.249. The highest BCUT2D eigenvalue weighted by atomic mass is 16.9. The molecule has 0 saturated carbocycles. The van der Waals surface area contributed by atoms with Gasteiger partial charge >= 0.3 is 5.97 Å². The minimum Gasteiger partial charge on any atom is -0.392 e. The van der Waals surface area contributed by atoms with Crippen molar-refractivity contribution >= 4 is 6.29 Å². The van der Waals surface area contributed by atoms with E-state index in [0.29, 0.717) is 0 Å². The van der Waals surface area contributed by atoms with Crippen molar-refractivity contribution in [3.63, 3.8) is 0 Å². The molecule has 1 N–H and O–H groups in total. The van der Waals surface area contributed by atoms with E-state index in [1.807, 2.05) is 120 Å². The molecule has 1 aliphatic heterocycles. The summed E-state index contributed by atoms with van der Waals surface area (Å²) in [5.41, 5.74) is 1.48. The standard InChI is InChI=1S/C32H34N2O5/c1-37-32(38-2,29-22-28(36)23-34(29)30(24-35)33-20-12-13-21-33)39-31(25-14-6-3-7-15-25,26-16-8-4-9-17-26)27-18-10-5-11-19-27/h3-21,24,28-30,36H,22-23H2,1-2H3. The highest BCUT2D eigenvalue weighted by Gasteiger charge is 2.56. The van der Waals surface area contributed by atoms with Crippen LogP contribution in [0.1, 0.15) is 29.3 Å². The van der Waals surface area contributed by atoms with E-state index >= 15 is 0 Å². The first kappa shape index (κ1) is 27.0. The van der Waals surface area contributed by atoms with Crippen molar-refractivity contribution < 1.29 is 24.1 Å². The van der Waals surface area contributed by atoms with Crippen LogP contribution in [0.15, 0.2) is 116 Å². The summed E-state index contributed by atoms with van der Waals surface area (Å²) < 4.78 is 21.4. The van der Waals surface area contributed by atoms with Crippen molar-refractivity contribution in [2.45, 2.75) is 36.3 Å². The van der Waals surface area contributed by atoms with Gasteiger partial charge in [0.2, 0.25) is 0 Å². The fraction of sp³-hybridized carbons (Fsp3) is 0.281. The smallest absolute Gasteiger partial charge is 0.300 e. The van der Waals surface area contributed by atoms with Crippen molar-refractivity contribution in [1.82, 2.24) is 9.47 Å². The van der Waals surface area contributed by atoms with Gasteiger partial charge in [-0.2, -0.15) is 0 Å². The Labute approximate surface area is 229 Å². The molecule has 1 fully saturated rings.